The highest BCUT2D eigenvalue weighted by atomic mass is 19.4. The van der Waals surface area contributed by atoms with E-state index in [1.54, 1.807) is 0 Å². The van der Waals surface area contributed by atoms with Crippen LogP contribution in [-0.2, 0) is 25.2 Å². The van der Waals surface area contributed by atoms with Crippen LogP contribution < -0.4 is 10.4 Å². The van der Waals surface area contributed by atoms with E-state index in [0.29, 0.717) is 12.1 Å². The first-order valence-electron chi connectivity index (χ1n) is 10.6. The number of nitrogens with zero attached hydrogens (tertiary/aromatic N) is 8. The van der Waals surface area contributed by atoms with Crippen molar-refractivity contribution in [3.05, 3.63) is 80.3 Å². The summed E-state index contributed by atoms with van der Waals surface area (Å²) in [7, 11) is 0. The van der Waals surface area contributed by atoms with Gasteiger partial charge in [-0.2, -0.15) is 60.6 Å². The van der Waals surface area contributed by atoms with Gasteiger partial charge in [0.1, 0.15) is 30.2 Å². The van der Waals surface area contributed by atoms with E-state index in [2.05, 4.69) is 19.9 Å². The molecule has 2 aromatic heterocycles. The van der Waals surface area contributed by atoms with Gasteiger partial charge in [-0.05, 0) is 29.5 Å². The lowest BCUT2D eigenvalue weighted by Crippen LogP contribution is -2.24. The molecule has 0 spiro atoms. The molecule has 0 atom stereocenters. The lowest BCUT2D eigenvalue weighted by molar-refractivity contribution is -0.152. The number of hydrogen-bond acceptors (Lipinski definition) is 8. The zero-order valence-electron chi connectivity index (χ0n) is 19.9. The fourth-order valence-corrected chi connectivity index (χ4v) is 3.42. The van der Waals surface area contributed by atoms with Crippen molar-refractivity contribution in [2.45, 2.75) is 25.2 Å². The molecule has 0 N–H and O–H groups in total. The monoisotopic (exact) mass is 596 g/mol. The van der Waals surface area contributed by atoms with Gasteiger partial charge in [0, 0.05) is 5.22 Å². The zero-order valence-corrected chi connectivity index (χ0v) is 19.9. The van der Waals surface area contributed by atoms with Gasteiger partial charge < -0.3 is 0 Å². The van der Waals surface area contributed by atoms with Gasteiger partial charge in [-0.15, -0.1) is 0 Å². The molecule has 212 valence electrons. The van der Waals surface area contributed by atoms with Crippen LogP contribution in [0, 0.1) is 45.3 Å². The smallest absolute Gasteiger partial charge is 0.242 e. The van der Waals surface area contributed by atoms with Gasteiger partial charge in [0.25, 0.3) is 0 Å². The van der Waals surface area contributed by atoms with Gasteiger partial charge in [-0.3, -0.25) is 0 Å². The zero-order chi connectivity index (χ0) is 31.6. The minimum Gasteiger partial charge on any atom is -0.242 e. The molecule has 42 heavy (non-hydrogen) atoms. The molecule has 0 radical (unpaired) electrons. The third-order valence-electron chi connectivity index (χ3n) is 5.11. The fourth-order valence-electron chi connectivity index (χ4n) is 3.42. The summed E-state index contributed by atoms with van der Waals surface area (Å²) in [5.41, 5.74) is -9.21. The van der Waals surface area contributed by atoms with Crippen LogP contribution in [0.1, 0.15) is 45.6 Å². The van der Waals surface area contributed by atoms with Crippen molar-refractivity contribution in [2.75, 3.05) is 0 Å². The van der Waals surface area contributed by atoms with Crippen molar-refractivity contribution >= 4 is 11.1 Å². The molecule has 0 aliphatic heterocycles. The summed E-state index contributed by atoms with van der Waals surface area (Å²) in [6.07, 6.45) is -16.1. The van der Waals surface area contributed by atoms with Crippen molar-refractivity contribution < 1.29 is 43.9 Å². The van der Waals surface area contributed by atoms with Crippen LogP contribution >= 0.6 is 0 Å². The highest BCUT2D eigenvalue weighted by molar-refractivity contribution is 5.79. The van der Waals surface area contributed by atoms with Crippen molar-refractivity contribution in [2.24, 2.45) is 0 Å². The van der Waals surface area contributed by atoms with Crippen LogP contribution in [0.2, 0.25) is 0 Å². The summed E-state index contributed by atoms with van der Waals surface area (Å²) in [4.78, 5) is 11.9. The Morgan fingerprint density at radius 1 is 0.619 bits per heavy atom. The quantitative estimate of drug-likeness (QED) is 0.413. The Balaban J connectivity index is 2.53. The average molecular weight is 596 g/mol. The molecule has 1 aromatic carbocycles. The Kier molecular flexibility index (Phi) is 8.17. The van der Waals surface area contributed by atoms with Crippen molar-refractivity contribution in [3.8, 4) is 24.3 Å². The molecular formula is C24H6F10N8. The van der Waals surface area contributed by atoms with E-state index < -0.39 is 92.3 Å². The van der Waals surface area contributed by atoms with Crippen molar-refractivity contribution in [1.82, 2.24) is 19.9 Å². The van der Waals surface area contributed by atoms with E-state index in [4.69, 9.17) is 0 Å². The largest absolute Gasteiger partial charge is 0.451 e. The minimum absolute atomic E-state index is 0.0190. The van der Waals surface area contributed by atoms with Gasteiger partial charge >= 0.3 is 18.5 Å². The van der Waals surface area contributed by atoms with E-state index in [0.717, 1.165) is 0 Å². The molecule has 3 rings (SSSR count). The molecule has 0 saturated carbocycles. The maximum Gasteiger partial charge on any atom is 0.451 e. The molecule has 3 aromatic rings. The topological polar surface area (TPSA) is 147 Å². The molecule has 0 bridgehead atoms. The summed E-state index contributed by atoms with van der Waals surface area (Å²) in [5.74, 6) is -3.27. The summed E-state index contributed by atoms with van der Waals surface area (Å²) in [5, 5.41) is 37.4. The van der Waals surface area contributed by atoms with Gasteiger partial charge in [-0.1, -0.05) is 0 Å². The Hall–Kier alpha value is -5.62. The van der Waals surface area contributed by atoms with Crippen LogP contribution in [0.4, 0.5) is 43.9 Å². The van der Waals surface area contributed by atoms with Gasteiger partial charge in [0.05, 0.1) is 45.8 Å². The van der Waals surface area contributed by atoms with E-state index in [-0.39, 0.29) is 12.1 Å². The first-order valence-corrected chi connectivity index (χ1v) is 10.6. The number of nitriles is 4. The summed E-state index contributed by atoms with van der Waals surface area (Å²) in [6.45, 7) is -1.58. The SMILES string of the molecule is N#CC(c1cc(C(F)(F)F)nc(CF)n1)=c1cc(C#N)c(=C(C#N)c2cc(C(F)(F)F)nc(C(F)(F)F)n2)c(C#N)c1. The minimum atomic E-state index is -5.52. The average Bonchev–Trinajstić information content (AvgIpc) is 2.92. The molecule has 8 nitrogen and oxygen atoms in total. The predicted octanol–water partition coefficient (Wildman–Crippen LogP) is 3.98. The standard InChI is InChI=1S/C24H6F10N8/c25-5-19-39-15(3-17(41-19)22(26,27)28)13(8-37)10-1-11(6-35)20(12(2-10)7-36)14(9-38)16-4-18(23(29,30)31)42-21(40-16)24(32,33)34/h1-4H,5H2. The summed E-state index contributed by atoms with van der Waals surface area (Å²) in [6, 6.07) is 7.41. The maximum atomic E-state index is 13.3. The second-order valence-corrected chi connectivity index (χ2v) is 7.79. The molecule has 0 saturated heterocycles. The number of aromatic nitrogens is 4. The maximum absolute atomic E-state index is 13.3. The molecule has 0 fully saturated rings. The van der Waals surface area contributed by atoms with E-state index in [9.17, 15) is 65.0 Å². The highest BCUT2D eigenvalue weighted by Crippen LogP contribution is 2.33. The molecule has 18 heteroatoms. The molecule has 0 aliphatic carbocycles. The lowest BCUT2D eigenvalue weighted by Gasteiger charge is -2.12. The third-order valence-corrected chi connectivity index (χ3v) is 5.11. The normalized spacial score (nSPS) is 11.6. The van der Waals surface area contributed by atoms with E-state index in [1.165, 1.54) is 24.3 Å². The number of halogens is 10. The number of hydrogen-bond donors (Lipinski definition) is 0. The predicted molar refractivity (Wildman–Crippen MR) is 115 cm³/mol. The second kappa shape index (κ2) is 11.1. The number of benzene rings is 1. The first kappa shape index (κ1) is 30.9. The third kappa shape index (κ3) is 6.24. The van der Waals surface area contributed by atoms with Crippen LogP contribution in [-0.4, -0.2) is 19.9 Å². The Morgan fingerprint density at radius 2 is 1.10 bits per heavy atom. The molecule has 0 amide bonds. The molecule has 0 unspecified atom stereocenters. The van der Waals surface area contributed by atoms with Gasteiger partial charge in [0.2, 0.25) is 5.82 Å². The summed E-state index contributed by atoms with van der Waals surface area (Å²) < 4.78 is 133. The Bertz CT molecular complexity index is 1810. The molecule has 0 aliphatic rings. The highest BCUT2D eigenvalue weighted by Gasteiger charge is 2.41. The van der Waals surface area contributed by atoms with Gasteiger partial charge in [-0.25, -0.2) is 24.3 Å². The summed E-state index contributed by atoms with van der Waals surface area (Å²) >= 11 is 0. The van der Waals surface area contributed by atoms with Gasteiger partial charge in [0.15, 0.2) is 5.82 Å². The second-order valence-electron chi connectivity index (χ2n) is 7.79. The van der Waals surface area contributed by atoms with Crippen LogP contribution in [0.3, 0.4) is 0 Å². The fraction of sp³-hybridized carbons (Fsp3) is 0.167. The van der Waals surface area contributed by atoms with E-state index in [1.807, 2.05) is 0 Å². The lowest BCUT2D eigenvalue weighted by atomic mass is 9.97. The van der Waals surface area contributed by atoms with Crippen molar-refractivity contribution in [1.29, 1.82) is 21.0 Å². The van der Waals surface area contributed by atoms with Crippen molar-refractivity contribution in [3.63, 3.8) is 0 Å². The van der Waals surface area contributed by atoms with Crippen LogP contribution in [0.25, 0.3) is 11.1 Å². The van der Waals surface area contributed by atoms with E-state index >= 15 is 0 Å². The van der Waals surface area contributed by atoms with Crippen LogP contribution in [0.15, 0.2) is 24.3 Å². The Morgan fingerprint density at radius 3 is 1.50 bits per heavy atom. The number of alkyl halides is 10. The Labute approximate surface area is 226 Å². The number of rotatable bonds is 3. The van der Waals surface area contributed by atoms with Crippen LogP contribution in [0.5, 0.6) is 0 Å². The first-order chi connectivity index (χ1) is 19.5. The molecule has 2 heterocycles. The molecular weight excluding hydrogens is 590 g/mol.